The van der Waals surface area contributed by atoms with Crippen LogP contribution in [-0.2, 0) is 18.5 Å². The van der Waals surface area contributed by atoms with Crippen LogP contribution in [0.25, 0.3) is 22.5 Å². The summed E-state index contributed by atoms with van der Waals surface area (Å²) in [6.07, 6.45) is 3.00. The molecule has 0 fully saturated rings. The molecule has 0 radical (unpaired) electrons. The minimum Gasteiger partial charge on any atom is -0.340 e. The summed E-state index contributed by atoms with van der Waals surface area (Å²) < 4.78 is 2.23. The molecular weight excluding hydrogens is 414 g/mol. The van der Waals surface area contributed by atoms with Crippen molar-refractivity contribution in [3.63, 3.8) is 0 Å². The van der Waals surface area contributed by atoms with Gasteiger partial charge in [-0.05, 0) is 47.4 Å². The predicted octanol–water partition coefficient (Wildman–Crippen LogP) is 4.10. The highest BCUT2D eigenvalue weighted by atomic mass is 16.2. The van der Waals surface area contributed by atoms with Gasteiger partial charge in [-0.25, -0.2) is 10.1 Å². The lowest BCUT2D eigenvalue weighted by atomic mass is 9.98. The van der Waals surface area contributed by atoms with E-state index in [9.17, 15) is 4.79 Å². The van der Waals surface area contributed by atoms with E-state index in [4.69, 9.17) is 4.98 Å². The first-order chi connectivity index (χ1) is 16.0. The molecule has 2 N–H and O–H groups in total. The van der Waals surface area contributed by atoms with Gasteiger partial charge in [0.15, 0.2) is 11.5 Å². The molecule has 2 aromatic carbocycles. The van der Waals surface area contributed by atoms with Crippen molar-refractivity contribution in [3.05, 3.63) is 71.3 Å². The van der Waals surface area contributed by atoms with E-state index in [0.29, 0.717) is 18.1 Å². The smallest absolute Gasteiger partial charge is 0.272 e. The number of carbonyl (C=O) groups excluding carboxylic acids is 1. The molecule has 0 aliphatic carbocycles. The maximum Gasteiger partial charge on any atom is 0.272 e. The van der Waals surface area contributed by atoms with Gasteiger partial charge in [0, 0.05) is 18.5 Å². The molecular formula is C25H27N7O. The van der Waals surface area contributed by atoms with Gasteiger partial charge in [0.1, 0.15) is 5.82 Å². The summed E-state index contributed by atoms with van der Waals surface area (Å²) in [5, 5.41) is 17.4. The Morgan fingerprint density at radius 2 is 1.79 bits per heavy atom. The fraction of sp³-hybridized carbons (Fsp3) is 0.320. The van der Waals surface area contributed by atoms with Gasteiger partial charge in [-0.3, -0.25) is 4.79 Å². The van der Waals surface area contributed by atoms with Crippen LogP contribution in [0.15, 0.2) is 48.5 Å². The number of aromatic nitrogens is 6. The molecule has 1 amide bonds. The summed E-state index contributed by atoms with van der Waals surface area (Å²) in [6, 6.07) is 16.6. The fourth-order valence-corrected chi connectivity index (χ4v) is 4.58. The van der Waals surface area contributed by atoms with E-state index in [1.165, 1.54) is 0 Å². The van der Waals surface area contributed by atoms with E-state index >= 15 is 0 Å². The van der Waals surface area contributed by atoms with Crippen LogP contribution in [0.3, 0.4) is 0 Å². The molecule has 1 aliphatic heterocycles. The zero-order chi connectivity index (χ0) is 23.0. The number of fused-ring (bicyclic) bond motifs is 1. The molecule has 0 unspecified atom stereocenters. The molecule has 3 heterocycles. The highest BCUT2D eigenvalue weighted by Gasteiger charge is 2.41. The third-order valence-electron chi connectivity index (χ3n) is 6.17. The Morgan fingerprint density at radius 1 is 1.03 bits per heavy atom. The van der Waals surface area contributed by atoms with Gasteiger partial charge in [-0.1, -0.05) is 61.9 Å². The van der Waals surface area contributed by atoms with Crippen LogP contribution in [0.4, 0.5) is 0 Å². The normalized spacial score (nSPS) is 14.3. The van der Waals surface area contributed by atoms with E-state index in [1.54, 1.807) is 0 Å². The largest absolute Gasteiger partial charge is 0.340 e. The minimum absolute atomic E-state index is 0.0830. The van der Waals surface area contributed by atoms with E-state index in [-0.39, 0.29) is 5.91 Å². The van der Waals surface area contributed by atoms with Gasteiger partial charge in [-0.15, -0.1) is 5.10 Å². The Morgan fingerprint density at radius 3 is 2.48 bits per heavy atom. The Labute approximate surface area is 192 Å². The maximum atomic E-state index is 12.5. The third kappa shape index (κ3) is 3.82. The zero-order valence-corrected chi connectivity index (χ0v) is 19.1. The van der Waals surface area contributed by atoms with Crippen LogP contribution in [0.2, 0.25) is 0 Å². The standard InChI is InChI=1S/C25H27N7O/c1-4-5-10-20-26-21-22(25(2,3)27-24(21)33)32(20)15-16-11-13-17(14-12-16)18-8-6-7-9-19(18)23-28-30-31-29-23/h6-9,11-14H,4-5,10,15H2,1-3H3,(H,27,33)(H,28,29,30,31). The van der Waals surface area contributed by atoms with Gasteiger partial charge in [0.2, 0.25) is 0 Å². The number of benzene rings is 2. The average Bonchev–Trinajstić information content (AvgIpc) is 3.51. The monoisotopic (exact) mass is 441 g/mol. The van der Waals surface area contributed by atoms with Gasteiger partial charge in [0.05, 0.1) is 11.2 Å². The van der Waals surface area contributed by atoms with Crippen LogP contribution in [0.1, 0.15) is 61.2 Å². The number of amides is 1. The quantitative estimate of drug-likeness (QED) is 0.450. The van der Waals surface area contributed by atoms with Gasteiger partial charge in [-0.2, -0.15) is 0 Å². The lowest BCUT2D eigenvalue weighted by Crippen LogP contribution is -2.35. The minimum atomic E-state index is -0.437. The molecule has 8 heteroatoms. The average molecular weight is 442 g/mol. The highest BCUT2D eigenvalue weighted by molar-refractivity contribution is 5.97. The van der Waals surface area contributed by atoms with Crippen molar-refractivity contribution in [1.29, 1.82) is 0 Å². The summed E-state index contributed by atoms with van der Waals surface area (Å²) in [5.74, 6) is 1.54. The summed E-state index contributed by atoms with van der Waals surface area (Å²) in [4.78, 5) is 17.2. The molecule has 5 rings (SSSR count). The number of nitrogens with zero attached hydrogens (tertiary/aromatic N) is 5. The third-order valence-corrected chi connectivity index (χ3v) is 6.17. The first-order valence-corrected chi connectivity index (χ1v) is 11.3. The van der Waals surface area contributed by atoms with Crippen molar-refractivity contribution < 1.29 is 4.79 Å². The summed E-state index contributed by atoms with van der Waals surface area (Å²) in [6.45, 7) is 6.92. The molecule has 1 aliphatic rings. The van der Waals surface area contributed by atoms with Crippen LogP contribution < -0.4 is 5.32 Å². The number of imidazole rings is 1. The molecule has 0 bridgehead atoms. The Bertz CT molecular complexity index is 1290. The number of nitrogens with one attached hydrogen (secondary N) is 2. The van der Waals surface area contributed by atoms with E-state index in [2.05, 4.69) is 67.8 Å². The van der Waals surface area contributed by atoms with Gasteiger partial charge < -0.3 is 9.88 Å². The van der Waals surface area contributed by atoms with Crippen LogP contribution in [0, 0.1) is 0 Å². The SMILES string of the molecule is CCCCc1nc2c(n1Cc1ccc(-c3ccccc3-c3nnn[nH]3)cc1)C(C)(C)NC2=O. The number of aromatic amines is 1. The summed E-state index contributed by atoms with van der Waals surface area (Å²) >= 11 is 0. The molecule has 0 saturated carbocycles. The summed E-state index contributed by atoms with van der Waals surface area (Å²) in [5.41, 5.74) is 5.37. The number of unbranched alkanes of at least 4 members (excludes halogenated alkanes) is 1. The molecule has 0 spiro atoms. The highest BCUT2D eigenvalue weighted by Crippen LogP contribution is 2.33. The molecule has 0 atom stereocenters. The summed E-state index contributed by atoms with van der Waals surface area (Å²) in [7, 11) is 0. The van der Waals surface area contributed by atoms with E-state index in [0.717, 1.165) is 53.0 Å². The first kappa shape index (κ1) is 21.1. The molecule has 4 aromatic rings. The topological polar surface area (TPSA) is 101 Å². The number of rotatable bonds is 7. The number of aryl methyl sites for hydroxylation is 1. The number of tetrazole rings is 1. The van der Waals surface area contributed by atoms with Crippen LogP contribution in [-0.4, -0.2) is 36.1 Å². The lowest BCUT2D eigenvalue weighted by molar-refractivity contribution is 0.0934. The number of hydrogen-bond acceptors (Lipinski definition) is 5. The Hall–Kier alpha value is -3.81. The van der Waals surface area contributed by atoms with Crippen molar-refractivity contribution in [2.45, 2.75) is 52.1 Å². The first-order valence-electron chi connectivity index (χ1n) is 11.3. The van der Waals surface area contributed by atoms with E-state index in [1.807, 2.05) is 32.0 Å². The van der Waals surface area contributed by atoms with Crippen molar-refractivity contribution in [2.75, 3.05) is 0 Å². The molecule has 168 valence electrons. The van der Waals surface area contributed by atoms with Gasteiger partial charge >= 0.3 is 0 Å². The van der Waals surface area contributed by atoms with Gasteiger partial charge in [0.25, 0.3) is 5.91 Å². The second kappa shape index (κ2) is 8.27. The number of H-pyrrole nitrogens is 1. The van der Waals surface area contributed by atoms with Crippen LogP contribution >= 0.6 is 0 Å². The number of hydrogen-bond donors (Lipinski definition) is 2. The second-order valence-corrected chi connectivity index (χ2v) is 8.99. The molecule has 0 saturated heterocycles. The maximum absolute atomic E-state index is 12.5. The number of carbonyl (C=O) groups is 1. The Balaban J connectivity index is 1.48. The molecule has 33 heavy (non-hydrogen) atoms. The molecule has 8 nitrogen and oxygen atoms in total. The lowest BCUT2D eigenvalue weighted by Gasteiger charge is -2.23. The predicted molar refractivity (Wildman–Crippen MR) is 125 cm³/mol. The van der Waals surface area contributed by atoms with Crippen LogP contribution in [0.5, 0.6) is 0 Å². The fourth-order valence-electron chi connectivity index (χ4n) is 4.58. The van der Waals surface area contributed by atoms with Crippen molar-refractivity contribution >= 4 is 5.91 Å². The zero-order valence-electron chi connectivity index (χ0n) is 19.1. The molecule has 2 aromatic heterocycles. The second-order valence-electron chi connectivity index (χ2n) is 8.99. The van der Waals surface area contributed by atoms with Crippen molar-refractivity contribution in [1.82, 2.24) is 35.5 Å². The Kier molecular flexibility index (Phi) is 5.28. The van der Waals surface area contributed by atoms with Crippen molar-refractivity contribution in [3.8, 4) is 22.5 Å². The van der Waals surface area contributed by atoms with Crippen molar-refractivity contribution in [2.24, 2.45) is 0 Å². The van der Waals surface area contributed by atoms with E-state index < -0.39 is 5.54 Å².